The van der Waals surface area contributed by atoms with Crippen LogP contribution in [0.15, 0.2) is 159 Å². The zero-order chi connectivity index (χ0) is 35.0. The van der Waals surface area contributed by atoms with Crippen LogP contribution in [-0.2, 0) is 0 Å². The molecule has 0 aliphatic heterocycles. The number of nitriles is 4. The molecule has 0 unspecified atom stereocenters. The van der Waals surface area contributed by atoms with Crippen LogP contribution < -0.4 is 10.2 Å². The van der Waals surface area contributed by atoms with Crippen LogP contribution in [0.4, 0.5) is 28.4 Å². The summed E-state index contributed by atoms with van der Waals surface area (Å²) in [7, 11) is 0. The van der Waals surface area contributed by atoms with Gasteiger partial charge in [0.2, 0.25) is 0 Å². The lowest BCUT2D eigenvalue weighted by Gasteiger charge is -2.26. The summed E-state index contributed by atoms with van der Waals surface area (Å²) in [4.78, 5) is 2.00. The smallest absolute Gasteiger partial charge is 0.101 e. The van der Waals surface area contributed by atoms with Crippen molar-refractivity contribution in [1.82, 2.24) is 0 Å². The van der Waals surface area contributed by atoms with E-state index in [4.69, 9.17) is 10.5 Å². The molecule has 6 aromatic carbocycles. The van der Waals surface area contributed by atoms with Crippen LogP contribution in [0.5, 0.6) is 0 Å². The summed E-state index contributed by atoms with van der Waals surface area (Å²) in [5, 5.41) is 39.3. The predicted molar refractivity (Wildman–Crippen MR) is 208 cm³/mol. The number of nitrogens with one attached hydrogen (secondary N) is 1. The Bertz CT molecular complexity index is 2060. The number of para-hydroxylation sites is 4. The third-order valence-corrected chi connectivity index (χ3v) is 8.70. The van der Waals surface area contributed by atoms with Crippen molar-refractivity contribution in [2.75, 3.05) is 10.2 Å². The lowest BCUT2D eigenvalue weighted by Crippen LogP contribution is -2.11. The normalized spacial score (nSPS) is 9.45. The molecule has 0 aromatic heterocycles. The highest BCUT2D eigenvalue weighted by atomic mass is 79.9. The summed E-state index contributed by atoms with van der Waals surface area (Å²) in [6.45, 7) is 0. The van der Waals surface area contributed by atoms with Crippen molar-refractivity contribution in [2.24, 2.45) is 0 Å². The second-order valence-electron chi connectivity index (χ2n) is 9.97. The lowest BCUT2D eigenvalue weighted by atomic mass is 10.1. The Morgan fingerprint density at radius 3 is 1.12 bits per heavy atom. The number of benzene rings is 6. The van der Waals surface area contributed by atoms with Gasteiger partial charge >= 0.3 is 0 Å². The monoisotopic (exact) mass is 828 g/mol. The van der Waals surface area contributed by atoms with Gasteiger partial charge in [0.15, 0.2) is 0 Å². The molecule has 0 heterocycles. The van der Waals surface area contributed by atoms with Crippen LogP contribution in [0.2, 0.25) is 0 Å². The molecule has 49 heavy (non-hydrogen) atoms. The average molecular weight is 831 g/mol. The molecule has 0 saturated heterocycles. The number of hydrogen-bond acceptors (Lipinski definition) is 6. The van der Waals surface area contributed by atoms with Gasteiger partial charge in [-0.25, -0.2) is 0 Å². The maximum absolute atomic E-state index is 9.57. The fraction of sp³-hybridized carbons (Fsp3) is 0. The molecule has 0 fully saturated rings. The Morgan fingerprint density at radius 2 is 0.755 bits per heavy atom. The number of nitrogens with zero attached hydrogens (tertiary/aromatic N) is 5. The Morgan fingerprint density at radius 1 is 0.429 bits per heavy atom. The van der Waals surface area contributed by atoms with E-state index in [0.717, 1.165) is 28.4 Å². The summed E-state index contributed by atoms with van der Waals surface area (Å²) in [6, 6.07) is 54.9. The van der Waals surface area contributed by atoms with Crippen LogP contribution in [0.25, 0.3) is 0 Å². The molecule has 238 valence electrons. The quantitative estimate of drug-likeness (QED) is 0.185. The van der Waals surface area contributed by atoms with Gasteiger partial charge in [-0.2, -0.15) is 21.0 Å². The van der Waals surface area contributed by atoms with E-state index in [0.29, 0.717) is 35.7 Å². The van der Waals surface area contributed by atoms with E-state index in [9.17, 15) is 10.5 Å². The first kappa shape index (κ1) is 36.2. The van der Waals surface area contributed by atoms with E-state index in [1.165, 1.54) is 6.07 Å². The molecule has 0 amide bonds. The molecule has 6 rings (SSSR count). The van der Waals surface area contributed by atoms with Crippen molar-refractivity contribution in [1.29, 1.82) is 21.0 Å². The molecule has 0 aliphatic carbocycles. The molecule has 0 atom stereocenters. The highest BCUT2D eigenvalue weighted by molar-refractivity contribution is 9.11. The van der Waals surface area contributed by atoms with Crippen molar-refractivity contribution in [3.63, 3.8) is 0 Å². The maximum Gasteiger partial charge on any atom is 0.101 e. The van der Waals surface area contributed by atoms with Gasteiger partial charge in [0.25, 0.3) is 0 Å². The Balaban J connectivity index is 0.000000220. The number of hydrogen-bond donors (Lipinski definition) is 1. The second-order valence-corrected chi connectivity index (χ2v) is 12.5. The van der Waals surface area contributed by atoms with Gasteiger partial charge in [0, 0.05) is 37.6 Å². The number of halogens is 3. The van der Waals surface area contributed by atoms with Gasteiger partial charge < -0.3 is 10.2 Å². The van der Waals surface area contributed by atoms with Crippen molar-refractivity contribution >= 4 is 76.2 Å². The van der Waals surface area contributed by atoms with Crippen LogP contribution in [0.3, 0.4) is 0 Å². The van der Waals surface area contributed by atoms with Crippen LogP contribution in [0, 0.1) is 45.3 Å². The van der Waals surface area contributed by atoms with Crippen molar-refractivity contribution in [3.8, 4) is 24.3 Å². The third-order valence-electron chi connectivity index (χ3n) is 6.73. The minimum atomic E-state index is 0. The van der Waals surface area contributed by atoms with Crippen molar-refractivity contribution in [3.05, 3.63) is 181 Å². The molecule has 9 heteroatoms. The van der Waals surface area contributed by atoms with Gasteiger partial charge in [-0.1, -0.05) is 72.8 Å². The Hall–Kier alpha value is -5.68. The van der Waals surface area contributed by atoms with Crippen molar-refractivity contribution < 1.29 is 1.43 Å². The first-order valence-electron chi connectivity index (χ1n) is 14.6. The molecule has 6 nitrogen and oxygen atoms in total. The standard InChI is InChI=1S/C20H12BrN3.C12H11N.C8H2Br2N2.H2/c21-19-12-20(16(14-23)11-15(19)13-22)24(17-7-3-1-4-8-17)18-9-5-2-6-10-18;1-3-7-11(8-4-1)13-12-9-5-2-6-10-12;9-7-2-8(10)6(4-12)1-5(7)3-11;/h1-12H;1-10,13H;1-2H;1H. The average Bonchev–Trinajstić information content (AvgIpc) is 3.14. The fourth-order valence-corrected chi connectivity index (χ4v) is 6.03. The van der Waals surface area contributed by atoms with E-state index in [2.05, 4.69) is 65.2 Å². The summed E-state index contributed by atoms with van der Waals surface area (Å²) in [6.07, 6.45) is 0. The van der Waals surface area contributed by atoms with E-state index in [1.54, 1.807) is 12.1 Å². The van der Waals surface area contributed by atoms with Crippen LogP contribution in [0.1, 0.15) is 23.7 Å². The minimum Gasteiger partial charge on any atom is -0.356 e. The number of anilines is 5. The highest BCUT2D eigenvalue weighted by Crippen LogP contribution is 2.38. The molecule has 0 aliphatic rings. The molecule has 6 aromatic rings. The van der Waals surface area contributed by atoms with E-state index in [-0.39, 0.29) is 1.43 Å². The first-order chi connectivity index (χ1) is 23.9. The molecule has 0 radical (unpaired) electrons. The zero-order valence-corrected chi connectivity index (χ0v) is 30.5. The third kappa shape index (κ3) is 10.2. The molecule has 1 N–H and O–H groups in total. The molecule has 0 saturated carbocycles. The summed E-state index contributed by atoms with van der Waals surface area (Å²) < 4.78 is 2.04. The summed E-state index contributed by atoms with van der Waals surface area (Å²) in [5.41, 5.74) is 6.67. The highest BCUT2D eigenvalue weighted by Gasteiger charge is 2.18. The SMILES string of the molecule is N#Cc1cc(C#N)c(Br)cc1Br.N#Cc1cc(C#N)c(N(c2ccccc2)c2ccccc2)cc1Br.[HH].c1ccc(Nc2ccccc2)cc1. The Labute approximate surface area is 312 Å². The molecule has 0 spiro atoms. The van der Waals surface area contributed by atoms with E-state index < -0.39 is 0 Å². The summed E-state index contributed by atoms with van der Waals surface area (Å²) >= 11 is 9.84. The minimum absolute atomic E-state index is 0. The molecule has 0 bridgehead atoms. The maximum atomic E-state index is 9.57. The predicted octanol–water partition coefficient (Wildman–Crippen LogP) is 12.3. The topological polar surface area (TPSA) is 110 Å². The van der Waals surface area contributed by atoms with Crippen LogP contribution >= 0.6 is 47.8 Å². The lowest BCUT2D eigenvalue weighted by molar-refractivity contribution is 1.26. The van der Waals surface area contributed by atoms with E-state index in [1.807, 2.05) is 144 Å². The Kier molecular flexibility index (Phi) is 13.7. The number of rotatable bonds is 5. The van der Waals surface area contributed by atoms with Gasteiger partial charge in [-0.05, 0) is 121 Å². The van der Waals surface area contributed by atoms with Crippen LogP contribution in [-0.4, -0.2) is 0 Å². The second kappa shape index (κ2) is 18.6. The summed E-state index contributed by atoms with van der Waals surface area (Å²) in [5.74, 6) is 0. The molecular formula is C40H27Br3N6. The van der Waals surface area contributed by atoms with Gasteiger partial charge in [-0.15, -0.1) is 0 Å². The first-order valence-corrected chi connectivity index (χ1v) is 17.0. The van der Waals surface area contributed by atoms with E-state index >= 15 is 0 Å². The van der Waals surface area contributed by atoms with Gasteiger partial charge in [-0.3, -0.25) is 0 Å². The largest absolute Gasteiger partial charge is 0.356 e. The fourth-order valence-electron chi connectivity index (χ4n) is 4.43. The molecular weight excluding hydrogens is 804 g/mol. The zero-order valence-electron chi connectivity index (χ0n) is 25.7. The van der Waals surface area contributed by atoms with Crippen molar-refractivity contribution in [2.45, 2.75) is 0 Å². The van der Waals surface area contributed by atoms with Gasteiger partial charge in [0.05, 0.1) is 27.9 Å². The van der Waals surface area contributed by atoms with Gasteiger partial charge in [0.1, 0.15) is 24.3 Å².